The van der Waals surface area contributed by atoms with Gasteiger partial charge in [0.15, 0.2) is 0 Å². The number of hydrogen-bond acceptors (Lipinski definition) is 4. The van der Waals surface area contributed by atoms with Crippen LogP contribution in [0, 0.1) is 0 Å². The maximum atomic E-state index is 14.4. The van der Waals surface area contributed by atoms with Gasteiger partial charge in [0.25, 0.3) is 0 Å². The average Bonchev–Trinajstić information content (AvgIpc) is 3.26. The van der Waals surface area contributed by atoms with Gasteiger partial charge in [0, 0.05) is 5.69 Å². The van der Waals surface area contributed by atoms with Crippen molar-refractivity contribution in [2.45, 2.75) is 50.6 Å². The summed E-state index contributed by atoms with van der Waals surface area (Å²) < 4.78 is 33.8. The Balaban J connectivity index is 2.22. The molecule has 4 N–H and O–H groups in total. The second kappa shape index (κ2) is 6.01. The van der Waals surface area contributed by atoms with Gasteiger partial charge in [-0.1, -0.05) is 12.1 Å². The van der Waals surface area contributed by atoms with E-state index >= 15 is 0 Å². The van der Waals surface area contributed by atoms with E-state index in [1.54, 1.807) is 32.9 Å². The number of nitrogens with one attached hydrogen (secondary N) is 2. The van der Waals surface area contributed by atoms with Crippen molar-refractivity contribution in [1.29, 1.82) is 0 Å². The Morgan fingerprint density at radius 1 is 1.25 bits per heavy atom. The van der Waals surface area contributed by atoms with Crippen molar-refractivity contribution in [1.82, 2.24) is 5.43 Å². The highest BCUT2D eigenvalue weighted by Gasteiger charge is 2.66. The van der Waals surface area contributed by atoms with E-state index in [1.165, 1.54) is 17.6 Å². The van der Waals surface area contributed by atoms with Crippen molar-refractivity contribution >= 4 is 17.7 Å². The van der Waals surface area contributed by atoms with E-state index in [9.17, 15) is 18.4 Å². The van der Waals surface area contributed by atoms with Crippen LogP contribution in [0.2, 0.25) is 0 Å². The number of anilines is 1. The zero-order chi connectivity index (χ0) is 18.2. The first-order valence-corrected chi connectivity index (χ1v) is 7.51. The predicted octanol–water partition coefficient (Wildman–Crippen LogP) is 2.69. The minimum atomic E-state index is -3.63. The highest BCUT2D eigenvalue weighted by Crippen LogP contribution is 2.58. The molecule has 24 heavy (non-hydrogen) atoms. The van der Waals surface area contributed by atoms with Gasteiger partial charge < -0.3 is 4.74 Å². The highest BCUT2D eigenvalue weighted by atomic mass is 19.3. The third kappa shape index (κ3) is 3.48. The normalized spacial score (nSPS) is 16.2. The van der Waals surface area contributed by atoms with Gasteiger partial charge in [-0.15, -0.1) is 0 Å². The van der Waals surface area contributed by atoms with Gasteiger partial charge >= 0.3 is 17.9 Å². The van der Waals surface area contributed by atoms with Crippen molar-refractivity contribution in [3.63, 3.8) is 0 Å². The second-order valence-corrected chi connectivity index (χ2v) is 6.84. The smallest absolute Gasteiger partial charge is 0.412 e. The van der Waals surface area contributed by atoms with Crippen LogP contribution in [0.25, 0.3) is 0 Å². The molecule has 1 fully saturated rings. The summed E-state index contributed by atoms with van der Waals surface area (Å²) in [6.45, 7) is 5.15. The molecule has 1 saturated carbocycles. The summed E-state index contributed by atoms with van der Waals surface area (Å²) in [5.41, 5.74) is -0.170. The van der Waals surface area contributed by atoms with Gasteiger partial charge in [-0.05, 0) is 51.3 Å². The second-order valence-electron chi connectivity index (χ2n) is 6.84. The number of alkyl halides is 2. The molecule has 0 radical (unpaired) electrons. The lowest BCUT2D eigenvalue weighted by Gasteiger charge is -2.26. The first kappa shape index (κ1) is 18.1. The van der Waals surface area contributed by atoms with Crippen LogP contribution < -0.4 is 16.6 Å². The molecule has 1 aromatic carbocycles. The van der Waals surface area contributed by atoms with E-state index in [2.05, 4.69) is 5.32 Å². The monoisotopic (exact) mass is 341 g/mol. The molecule has 0 heterocycles. The van der Waals surface area contributed by atoms with Crippen LogP contribution in [0.5, 0.6) is 0 Å². The SMILES string of the molecule is CC(C)(C)OC(=O)Nc1cccc(C2(C(F)(F)C(=O)NN)CC2)c1. The summed E-state index contributed by atoms with van der Waals surface area (Å²) in [4.78, 5) is 23.2. The number of amides is 2. The third-order valence-electron chi connectivity index (χ3n) is 3.83. The van der Waals surface area contributed by atoms with Gasteiger partial charge in [-0.25, -0.2) is 10.6 Å². The zero-order valence-corrected chi connectivity index (χ0v) is 13.8. The summed E-state index contributed by atoms with van der Waals surface area (Å²) in [7, 11) is 0. The molecular weight excluding hydrogens is 320 g/mol. The molecular formula is C16H21F2N3O3. The minimum absolute atomic E-state index is 0.156. The van der Waals surface area contributed by atoms with Gasteiger partial charge in [0.1, 0.15) is 5.60 Å². The van der Waals surface area contributed by atoms with Crippen molar-refractivity contribution in [3.8, 4) is 0 Å². The molecule has 1 aromatic rings. The standard InChI is InChI=1S/C16H21F2N3O3/c1-14(2,3)24-13(23)20-11-6-4-5-10(9-11)15(7-8-15)16(17,18)12(22)21-19/h4-6,9H,7-8,19H2,1-3H3,(H,20,23)(H,21,22). The quantitative estimate of drug-likeness (QED) is 0.446. The number of benzene rings is 1. The van der Waals surface area contributed by atoms with Crippen LogP contribution in [0.4, 0.5) is 19.3 Å². The summed E-state index contributed by atoms with van der Waals surface area (Å²) in [5, 5.41) is 2.50. The maximum absolute atomic E-state index is 14.4. The number of carbonyl (C=O) groups is 2. The molecule has 6 nitrogen and oxygen atoms in total. The van der Waals surface area contributed by atoms with Crippen molar-refractivity contribution in [3.05, 3.63) is 29.8 Å². The van der Waals surface area contributed by atoms with Gasteiger partial charge in [0.05, 0.1) is 5.41 Å². The molecule has 0 aromatic heterocycles. The van der Waals surface area contributed by atoms with E-state index in [-0.39, 0.29) is 18.4 Å². The van der Waals surface area contributed by atoms with Gasteiger partial charge in [-0.2, -0.15) is 8.78 Å². The van der Waals surface area contributed by atoms with E-state index in [1.807, 2.05) is 0 Å². The van der Waals surface area contributed by atoms with Crippen LogP contribution in [-0.4, -0.2) is 23.5 Å². The molecule has 0 bridgehead atoms. The number of ether oxygens (including phenoxy) is 1. The minimum Gasteiger partial charge on any atom is -0.444 e. The largest absolute Gasteiger partial charge is 0.444 e. The molecule has 1 aliphatic carbocycles. The number of rotatable bonds is 4. The summed E-state index contributed by atoms with van der Waals surface area (Å²) >= 11 is 0. The third-order valence-corrected chi connectivity index (χ3v) is 3.83. The number of hydrazine groups is 1. The fourth-order valence-corrected chi connectivity index (χ4v) is 2.53. The summed E-state index contributed by atoms with van der Waals surface area (Å²) in [6.07, 6.45) is -0.372. The lowest BCUT2D eigenvalue weighted by Crippen LogP contribution is -2.50. The molecule has 1 aliphatic rings. The summed E-state index contributed by atoms with van der Waals surface area (Å²) in [6, 6.07) is 6.03. The molecule has 0 aliphatic heterocycles. The molecule has 8 heteroatoms. The highest BCUT2D eigenvalue weighted by molar-refractivity contribution is 5.87. The molecule has 0 unspecified atom stereocenters. The fraction of sp³-hybridized carbons (Fsp3) is 0.500. The first-order valence-electron chi connectivity index (χ1n) is 7.51. The molecule has 0 atom stereocenters. The number of hydrogen-bond donors (Lipinski definition) is 3. The Hall–Kier alpha value is -2.22. The summed E-state index contributed by atoms with van der Waals surface area (Å²) in [5.74, 6) is -0.293. The number of nitrogens with two attached hydrogens (primary N) is 1. The Labute approximate surface area is 138 Å². The Bertz CT molecular complexity index is 652. The van der Waals surface area contributed by atoms with E-state index in [0.717, 1.165) is 0 Å². The van der Waals surface area contributed by atoms with Gasteiger partial charge in [-0.3, -0.25) is 15.5 Å². The van der Waals surface area contributed by atoms with E-state index in [0.29, 0.717) is 5.69 Å². The molecule has 132 valence electrons. The molecule has 2 amide bonds. The van der Waals surface area contributed by atoms with E-state index in [4.69, 9.17) is 10.6 Å². The Morgan fingerprint density at radius 3 is 2.38 bits per heavy atom. The van der Waals surface area contributed by atoms with Crippen LogP contribution >= 0.6 is 0 Å². The van der Waals surface area contributed by atoms with Crippen LogP contribution in [-0.2, 0) is 14.9 Å². The Morgan fingerprint density at radius 2 is 1.88 bits per heavy atom. The van der Waals surface area contributed by atoms with Crippen molar-refractivity contribution in [2.24, 2.45) is 5.84 Å². The van der Waals surface area contributed by atoms with Crippen LogP contribution in [0.15, 0.2) is 24.3 Å². The topological polar surface area (TPSA) is 93.4 Å². The zero-order valence-electron chi connectivity index (χ0n) is 13.8. The molecule has 0 saturated heterocycles. The van der Waals surface area contributed by atoms with Crippen molar-refractivity contribution < 1.29 is 23.1 Å². The number of halogens is 2. The maximum Gasteiger partial charge on any atom is 0.412 e. The molecule has 0 spiro atoms. The predicted molar refractivity (Wildman–Crippen MR) is 84.5 cm³/mol. The lowest BCUT2D eigenvalue weighted by atomic mass is 9.88. The van der Waals surface area contributed by atoms with Crippen LogP contribution in [0.3, 0.4) is 0 Å². The lowest BCUT2D eigenvalue weighted by molar-refractivity contribution is -0.151. The van der Waals surface area contributed by atoms with Gasteiger partial charge in [0.2, 0.25) is 0 Å². The van der Waals surface area contributed by atoms with E-state index < -0.39 is 28.9 Å². The average molecular weight is 341 g/mol. The Kier molecular flexibility index (Phi) is 4.54. The van der Waals surface area contributed by atoms with Crippen molar-refractivity contribution in [2.75, 3.05) is 5.32 Å². The first-order chi connectivity index (χ1) is 11.0. The van der Waals surface area contributed by atoms with Crippen LogP contribution in [0.1, 0.15) is 39.2 Å². The fourth-order valence-electron chi connectivity index (χ4n) is 2.53. The number of carbonyl (C=O) groups excluding carboxylic acids is 2. The molecule has 2 rings (SSSR count).